The first-order valence-corrected chi connectivity index (χ1v) is 11.8. The lowest BCUT2D eigenvalue weighted by Gasteiger charge is -2.27. The molecule has 1 heterocycles. The summed E-state index contributed by atoms with van der Waals surface area (Å²) in [6.07, 6.45) is 4.06. The van der Waals surface area contributed by atoms with Crippen molar-refractivity contribution in [2.45, 2.75) is 31.7 Å². The quantitative estimate of drug-likeness (QED) is 0.276. The molecule has 178 valence electrons. The number of carbonyl (C=O) groups excluding carboxylic acids is 2. The second-order valence-electron chi connectivity index (χ2n) is 8.70. The Hall–Kier alpha value is -3.64. The molecular formula is C28H23ClFNO4. The summed E-state index contributed by atoms with van der Waals surface area (Å²) in [6.45, 7) is 0. The van der Waals surface area contributed by atoms with Crippen molar-refractivity contribution in [3.63, 3.8) is 0 Å². The van der Waals surface area contributed by atoms with Crippen LogP contribution in [0.3, 0.4) is 0 Å². The zero-order chi connectivity index (χ0) is 24.7. The normalized spacial score (nSPS) is 19.1. The zero-order valence-electron chi connectivity index (χ0n) is 19.1. The second kappa shape index (κ2) is 9.19. The molecule has 1 unspecified atom stereocenters. The van der Waals surface area contributed by atoms with Crippen molar-refractivity contribution in [2.75, 3.05) is 12.0 Å². The van der Waals surface area contributed by atoms with E-state index in [1.54, 1.807) is 30.3 Å². The standard InChI is InChI=1S/C28H23ClFNO4/c1-35-23-9-5-4-8-20(23)25-24(26(32)18-11-10-16-6-2-3-7-17(16)14-18)27(33)28(34)31(25)19-12-13-22(30)21(29)15-19/h4-5,8-15,25,32H,2-3,6-7H2,1H3/b26-24+. The predicted octanol–water partition coefficient (Wildman–Crippen LogP) is 5.99. The number of para-hydroxylation sites is 1. The van der Waals surface area contributed by atoms with Gasteiger partial charge >= 0.3 is 0 Å². The third kappa shape index (κ3) is 3.98. The average Bonchev–Trinajstić information content (AvgIpc) is 3.15. The van der Waals surface area contributed by atoms with Gasteiger partial charge in [-0.15, -0.1) is 0 Å². The Kier molecular flexibility index (Phi) is 6.07. The van der Waals surface area contributed by atoms with E-state index >= 15 is 0 Å². The lowest BCUT2D eigenvalue weighted by atomic mass is 9.88. The third-order valence-electron chi connectivity index (χ3n) is 6.68. The minimum absolute atomic E-state index is 0.0595. The van der Waals surface area contributed by atoms with E-state index in [1.165, 1.54) is 29.7 Å². The highest BCUT2D eigenvalue weighted by Crippen LogP contribution is 2.45. The van der Waals surface area contributed by atoms with Crippen molar-refractivity contribution in [1.29, 1.82) is 0 Å². The van der Waals surface area contributed by atoms with E-state index in [2.05, 4.69) is 0 Å². The number of aliphatic hydroxyl groups is 1. The number of hydrogen-bond donors (Lipinski definition) is 1. The summed E-state index contributed by atoms with van der Waals surface area (Å²) < 4.78 is 19.4. The molecule has 0 aromatic heterocycles. The van der Waals surface area contributed by atoms with Crippen LogP contribution < -0.4 is 9.64 Å². The summed E-state index contributed by atoms with van der Waals surface area (Å²) >= 11 is 6.01. The topological polar surface area (TPSA) is 66.8 Å². The molecule has 1 N–H and O–H groups in total. The highest BCUT2D eigenvalue weighted by Gasteiger charge is 2.48. The van der Waals surface area contributed by atoms with Gasteiger partial charge in [-0.1, -0.05) is 41.9 Å². The fourth-order valence-electron chi connectivity index (χ4n) is 4.96. The van der Waals surface area contributed by atoms with Crippen LogP contribution >= 0.6 is 11.6 Å². The smallest absolute Gasteiger partial charge is 0.300 e. The fourth-order valence-corrected chi connectivity index (χ4v) is 5.13. The van der Waals surface area contributed by atoms with Gasteiger partial charge in [0, 0.05) is 16.8 Å². The fraction of sp³-hybridized carbons (Fsp3) is 0.214. The molecule has 5 rings (SSSR count). The summed E-state index contributed by atoms with van der Waals surface area (Å²) in [5.74, 6) is -2.15. The minimum atomic E-state index is -0.997. The molecule has 3 aromatic carbocycles. The van der Waals surface area contributed by atoms with Crippen molar-refractivity contribution >= 4 is 34.7 Å². The second-order valence-corrected chi connectivity index (χ2v) is 9.11. The van der Waals surface area contributed by atoms with Crippen LogP contribution in [0.15, 0.2) is 66.2 Å². The van der Waals surface area contributed by atoms with E-state index in [0.29, 0.717) is 16.9 Å². The van der Waals surface area contributed by atoms with Gasteiger partial charge in [-0.05, 0) is 67.1 Å². The van der Waals surface area contributed by atoms with Gasteiger partial charge in [0.1, 0.15) is 17.3 Å². The number of fused-ring (bicyclic) bond motifs is 1. The van der Waals surface area contributed by atoms with Crippen LogP contribution in [0.2, 0.25) is 5.02 Å². The van der Waals surface area contributed by atoms with Crippen molar-refractivity contribution < 1.29 is 23.8 Å². The average molecular weight is 492 g/mol. The molecule has 1 fully saturated rings. The van der Waals surface area contributed by atoms with Gasteiger partial charge < -0.3 is 9.84 Å². The van der Waals surface area contributed by atoms with Gasteiger partial charge in [0.25, 0.3) is 11.7 Å². The minimum Gasteiger partial charge on any atom is -0.507 e. The Labute approximate surface area is 207 Å². The number of halogens is 2. The number of ether oxygens (including phenoxy) is 1. The molecule has 0 spiro atoms. The number of aryl methyl sites for hydroxylation is 2. The molecule has 1 amide bonds. The van der Waals surface area contributed by atoms with Crippen LogP contribution in [-0.4, -0.2) is 23.9 Å². The van der Waals surface area contributed by atoms with Gasteiger partial charge in [-0.3, -0.25) is 14.5 Å². The Morgan fingerprint density at radius 1 is 1.03 bits per heavy atom. The maximum Gasteiger partial charge on any atom is 0.300 e. The lowest BCUT2D eigenvalue weighted by Crippen LogP contribution is -2.29. The maximum atomic E-state index is 13.9. The van der Waals surface area contributed by atoms with Gasteiger partial charge in [-0.2, -0.15) is 0 Å². The number of methoxy groups -OCH3 is 1. The number of hydrogen-bond acceptors (Lipinski definition) is 4. The van der Waals surface area contributed by atoms with Gasteiger partial charge in [0.15, 0.2) is 0 Å². The molecule has 1 atom stereocenters. The number of anilines is 1. The third-order valence-corrected chi connectivity index (χ3v) is 6.97. The number of carbonyl (C=O) groups is 2. The molecule has 1 aliphatic carbocycles. The molecule has 1 saturated heterocycles. The summed E-state index contributed by atoms with van der Waals surface area (Å²) in [7, 11) is 1.49. The summed E-state index contributed by atoms with van der Waals surface area (Å²) in [5.41, 5.74) is 3.52. The molecule has 3 aromatic rings. The monoisotopic (exact) mass is 491 g/mol. The van der Waals surface area contributed by atoms with Crippen molar-refractivity contribution in [2.24, 2.45) is 0 Å². The van der Waals surface area contributed by atoms with Gasteiger partial charge in [-0.25, -0.2) is 4.39 Å². The number of rotatable bonds is 4. The molecule has 1 aliphatic heterocycles. The summed E-state index contributed by atoms with van der Waals surface area (Å²) in [4.78, 5) is 27.9. The molecule has 0 radical (unpaired) electrons. The van der Waals surface area contributed by atoms with Crippen LogP contribution in [0.5, 0.6) is 5.75 Å². The van der Waals surface area contributed by atoms with E-state index in [9.17, 15) is 19.1 Å². The molecule has 0 bridgehead atoms. The first-order chi connectivity index (χ1) is 16.9. The van der Waals surface area contributed by atoms with Gasteiger partial charge in [0.2, 0.25) is 0 Å². The van der Waals surface area contributed by atoms with Crippen molar-refractivity contribution in [1.82, 2.24) is 0 Å². The van der Waals surface area contributed by atoms with E-state index in [4.69, 9.17) is 16.3 Å². The molecule has 0 saturated carbocycles. The van der Waals surface area contributed by atoms with E-state index in [0.717, 1.165) is 37.3 Å². The van der Waals surface area contributed by atoms with Crippen LogP contribution in [0.1, 0.15) is 41.1 Å². The lowest BCUT2D eigenvalue weighted by molar-refractivity contribution is -0.132. The van der Waals surface area contributed by atoms with Crippen molar-refractivity contribution in [3.05, 3.63) is 99.3 Å². The Bertz CT molecular complexity index is 1380. The zero-order valence-corrected chi connectivity index (χ0v) is 19.8. The van der Waals surface area contributed by atoms with Crippen LogP contribution in [0, 0.1) is 5.82 Å². The SMILES string of the molecule is COc1ccccc1C1/C(=C(\O)c2ccc3c(c2)CCCC3)C(=O)C(=O)N1c1ccc(F)c(Cl)c1. The molecule has 5 nitrogen and oxygen atoms in total. The van der Waals surface area contributed by atoms with Crippen LogP contribution in [0.25, 0.3) is 5.76 Å². The summed E-state index contributed by atoms with van der Waals surface area (Å²) in [6, 6.07) is 15.4. The first-order valence-electron chi connectivity index (χ1n) is 11.4. The van der Waals surface area contributed by atoms with E-state index in [1.807, 2.05) is 12.1 Å². The number of nitrogens with zero attached hydrogens (tertiary/aromatic N) is 1. The van der Waals surface area contributed by atoms with Crippen LogP contribution in [-0.2, 0) is 22.4 Å². The van der Waals surface area contributed by atoms with Gasteiger partial charge in [0.05, 0.1) is 23.7 Å². The highest BCUT2D eigenvalue weighted by molar-refractivity contribution is 6.52. The molecular weight excluding hydrogens is 469 g/mol. The molecule has 2 aliphatic rings. The first kappa shape index (κ1) is 23.1. The van der Waals surface area contributed by atoms with E-state index in [-0.39, 0.29) is 22.0 Å². The number of benzene rings is 3. The number of ketones is 1. The molecule has 35 heavy (non-hydrogen) atoms. The van der Waals surface area contributed by atoms with Crippen LogP contribution in [0.4, 0.5) is 10.1 Å². The largest absolute Gasteiger partial charge is 0.507 e. The van der Waals surface area contributed by atoms with E-state index < -0.39 is 23.5 Å². The van der Waals surface area contributed by atoms with Crippen molar-refractivity contribution in [3.8, 4) is 5.75 Å². The summed E-state index contributed by atoms with van der Waals surface area (Å²) in [5, 5.41) is 11.2. The molecule has 7 heteroatoms. The number of Topliss-reactive ketones (excluding diaryl/α,β-unsaturated/α-hetero) is 1. The number of aliphatic hydroxyl groups excluding tert-OH is 1. The highest BCUT2D eigenvalue weighted by atomic mass is 35.5. The number of amides is 1. The Balaban J connectivity index is 1.73. The predicted molar refractivity (Wildman–Crippen MR) is 132 cm³/mol. The maximum absolute atomic E-state index is 13.9. The Morgan fingerprint density at radius 3 is 2.51 bits per heavy atom. The Morgan fingerprint density at radius 2 is 1.77 bits per heavy atom.